The number of imidazole rings is 2. The van der Waals surface area contributed by atoms with Crippen molar-refractivity contribution in [2.45, 2.75) is 63.2 Å². The van der Waals surface area contributed by atoms with Crippen molar-refractivity contribution in [1.29, 1.82) is 0 Å². The summed E-state index contributed by atoms with van der Waals surface area (Å²) in [6.07, 6.45) is 5.69. The van der Waals surface area contributed by atoms with Crippen LogP contribution in [-0.2, 0) is 14.3 Å². The van der Waals surface area contributed by atoms with Crippen LogP contribution in [-0.4, -0.2) is 103 Å². The molecule has 0 bridgehead atoms. The van der Waals surface area contributed by atoms with E-state index in [1.54, 1.807) is 29.1 Å². The molecule has 2 aromatic heterocycles. The van der Waals surface area contributed by atoms with Crippen molar-refractivity contribution in [2.24, 2.45) is 0 Å². The van der Waals surface area contributed by atoms with E-state index in [-0.39, 0.29) is 23.9 Å². The van der Waals surface area contributed by atoms with Crippen LogP contribution in [0, 0.1) is 0 Å². The van der Waals surface area contributed by atoms with Gasteiger partial charge in [-0.25, -0.2) is 19.6 Å². The SMILES string of the molecule is COC(=O)N[C@@H](C)C(=O)N1CCC[C@H]1c1ncc(-c2ccc(-c3ccc(-c4cnc([C@@H]5CCCN5C(=O)C5CCN5C(=O)O)[nH]4)cc3)cc2)[nH]1. The summed E-state index contributed by atoms with van der Waals surface area (Å²) in [7, 11) is 1.27. The van der Waals surface area contributed by atoms with E-state index in [2.05, 4.69) is 54.3 Å². The van der Waals surface area contributed by atoms with Crippen LogP contribution in [0.15, 0.2) is 60.9 Å². The van der Waals surface area contributed by atoms with Gasteiger partial charge in [-0.05, 0) is 61.3 Å². The van der Waals surface area contributed by atoms with Crippen molar-refractivity contribution >= 4 is 24.0 Å². The normalized spacial score (nSPS) is 20.8. The highest BCUT2D eigenvalue weighted by atomic mass is 16.5. The van der Waals surface area contributed by atoms with Crippen molar-refractivity contribution < 1.29 is 29.0 Å². The fraction of sp³-hybridized carbons (Fsp3) is 0.389. The number of alkyl carbamates (subject to hydrolysis) is 1. The van der Waals surface area contributed by atoms with E-state index in [4.69, 9.17) is 0 Å². The van der Waals surface area contributed by atoms with Crippen molar-refractivity contribution in [1.82, 2.24) is 40.0 Å². The highest BCUT2D eigenvalue weighted by Gasteiger charge is 2.43. The predicted octanol–water partition coefficient (Wildman–Crippen LogP) is 4.96. The average Bonchev–Trinajstić information content (AvgIpc) is 3.93. The van der Waals surface area contributed by atoms with E-state index in [0.29, 0.717) is 37.7 Å². The average molecular weight is 681 g/mol. The molecule has 50 heavy (non-hydrogen) atoms. The molecule has 3 aliphatic heterocycles. The lowest BCUT2D eigenvalue weighted by Crippen LogP contribution is -2.58. The molecule has 4 atom stereocenters. The summed E-state index contributed by atoms with van der Waals surface area (Å²) in [6, 6.07) is 14.7. The van der Waals surface area contributed by atoms with Gasteiger partial charge < -0.3 is 34.9 Å². The first-order chi connectivity index (χ1) is 24.2. The number of ether oxygens (including phenoxy) is 1. The molecule has 14 heteroatoms. The number of hydrogen-bond acceptors (Lipinski definition) is 7. The van der Waals surface area contributed by atoms with Gasteiger partial charge in [0.05, 0.1) is 43.0 Å². The van der Waals surface area contributed by atoms with Crippen molar-refractivity contribution in [3.8, 4) is 33.6 Å². The Morgan fingerprint density at radius 3 is 1.74 bits per heavy atom. The van der Waals surface area contributed by atoms with E-state index in [0.717, 1.165) is 59.3 Å². The van der Waals surface area contributed by atoms with Gasteiger partial charge in [-0.3, -0.25) is 14.5 Å². The zero-order chi connectivity index (χ0) is 34.9. The third-order valence-electron chi connectivity index (χ3n) is 10.1. The Labute approximate surface area is 288 Å². The Morgan fingerprint density at radius 1 is 0.760 bits per heavy atom. The molecule has 14 nitrogen and oxygen atoms in total. The fourth-order valence-electron chi connectivity index (χ4n) is 7.23. The van der Waals surface area contributed by atoms with Gasteiger partial charge in [-0.1, -0.05) is 48.5 Å². The predicted molar refractivity (Wildman–Crippen MR) is 183 cm³/mol. The molecule has 4 N–H and O–H groups in total. The molecule has 0 aliphatic carbocycles. The lowest BCUT2D eigenvalue weighted by molar-refractivity contribution is -0.141. The number of benzene rings is 2. The third-order valence-corrected chi connectivity index (χ3v) is 10.1. The zero-order valence-corrected chi connectivity index (χ0v) is 28.0. The van der Waals surface area contributed by atoms with Crippen molar-refractivity contribution in [3.63, 3.8) is 0 Å². The number of nitrogens with one attached hydrogen (secondary N) is 3. The van der Waals surface area contributed by atoms with Crippen LogP contribution in [0.4, 0.5) is 9.59 Å². The van der Waals surface area contributed by atoms with Crippen LogP contribution in [0.1, 0.15) is 62.8 Å². The Bertz CT molecular complexity index is 1890. The molecule has 3 fully saturated rings. The van der Waals surface area contributed by atoms with Crippen molar-refractivity contribution in [2.75, 3.05) is 26.7 Å². The molecule has 5 heterocycles. The highest BCUT2D eigenvalue weighted by Crippen LogP contribution is 2.35. The summed E-state index contributed by atoms with van der Waals surface area (Å²) in [5.74, 6) is 1.11. The maximum absolute atomic E-state index is 13.2. The topological polar surface area (TPSA) is 177 Å². The van der Waals surface area contributed by atoms with Gasteiger partial charge in [-0.2, -0.15) is 0 Å². The zero-order valence-electron chi connectivity index (χ0n) is 28.0. The number of H-pyrrole nitrogens is 2. The second-order valence-corrected chi connectivity index (χ2v) is 13.0. The Balaban J connectivity index is 0.992. The number of amides is 4. The van der Waals surface area contributed by atoms with Crippen molar-refractivity contribution in [3.05, 3.63) is 72.6 Å². The molecule has 3 saturated heterocycles. The van der Waals surface area contributed by atoms with Crippen LogP contribution in [0.3, 0.4) is 0 Å². The number of carboxylic acid groups (broad SMARTS) is 1. The Hall–Kier alpha value is -5.66. The fourth-order valence-corrected chi connectivity index (χ4v) is 7.23. The van der Waals surface area contributed by atoms with Gasteiger partial charge in [0.1, 0.15) is 23.7 Å². The minimum Gasteiger partial charge on any atom is -0.465 e. The molecular weight excluding hydrogens is 640 g/mol. The summed E-state index contributed by atoms with van der Waals surface area (Å²) >= 11 is 0. The Morgan fingerprint density at radius 2 is 1.26 bits per heavy atom. The molecule has 3 aliphatic rings. The number of aromatic amines is 2. The molecule has 4 amide bonds. The molecular formula is C36H40N8O6. The quantitative estimate of drug-likeness (QED) is 0.202. The van der Waals surface area contributed by atoms with Crippen LogP contribution >= 0.6 is 0 Å². The number of nitrogens with zero attached hydrogens (tertiary/aromatic N) is 5. The second kappa shape index (κ2) is 13.7. The van der Waals surface area contributed by atoms with Crippen LogP contribution in [0.25, 0.3) is 33.6 Å². The molecule has 2 aromatic carbocycles. The summed E-state index contributed by atoms with van der Waals surface area (Å²) in [6.45, 7) is 3.23. The molecule has 0 spiro atoms. The molecule has 260 valence electrons. The Kier molecular flexibility index (Phi) is 9.00. The first-order valence-corrected chi connectivity index (χ1v) is 17.0. The van der Waals surface area contributed by atoms with Crippen LogP contribution in [0.2, 0.25) is 0 Å². The molecule has 0 radical (unpaired) electrons. The van der Waals surface area contributed by atoms with Gasteiger partial charge >= 0.3 is 12.2 Å². The van der Waals surface area contributed by atoms with Crippen LogP contribution in [0.5, 0.6) is 0 Å². The molecule has 7 rings (SSSR count). The standard InChI is InChI=1S/C36H40N8O6/c1-21(39-35(47)50-2)33(45)42-16-3-5-28(42)31-37-19-26(40-31)24-11-7-22(8-12-24)23-9-13-25(14-10-23)27-20-38-32(41-27)29-6-4-17-43(29)34(46)30-15-18-44(30)36(48)49/h7-14,19-21,28-30H,3-6,15-18H2,1-2H3,(H,37,40)(H,38,41)(H,39,47)(H,48,49)/t21-,28-,29-,30?/m0/s1. The van der Waals surface area contributed by atoms with Gasteiger partial charge in [0.25, 0.3) is 0 Å². The maximum Gasteiger partial charge on any atom is 0.407 e. The highest BCUT2D eigenvalue weighted by molar-refractivity contribution is 5.87. The minimum atomic E-state index is -1.05. The maximum atomic E-state index is 13.2. The summed E-state index contributed by atoms with van der Waals surface area (Å²) in [4.78, 5) is 70.1. The second-order valence-electron chi connectivity index (χ2n) is 13.0. The minimum absolute atomic E-state index is 0.143. The number of aromatic nitrogens is 4. The van der Waals surface area contributed by atoms with Gasteiger partial charge in [-0.15, -0.1) is 0 Å². The number of carbonyl (C=O) groups excluding carboxylic acids is 3. The lowest BCUT2D eigenvalue weighted by Gasteiger charge is -2.40. The summed E-state index contributed by atoms with van der Waals surface area (Å²) in [5.41, 5.74) is 5.75. The number of carbonyl (C=O) groups is 4. The van der Waals surface area contributed by atoms with E-state index in [1.807, 2.05) is 24.3 Å². The number of hydrogen-bond donors (Lipinski definition) is 4. The van der Waals surface area contributed by atoms with Gasteiger partial charge in [0.15, 0.2) is 0 Å². The monoisotopic (exact) mass is 680 g/mol. The van der Waals surface area contributed by atoms with Gasteiger partial charge in [0, 0.05) is 19.6 Å². The van der Waals surface area contributed by atoms with Gasteiger partial charge in [0.2, 0.25) is 11.8 Å². The summed E-state index contributed by atoms with van der Waals surface area (Å²) in [5, 5.41) is 11.9. The molecule has 4 aromatic rings. The largest absolute Gasteiger partial charge is 0.465 e. The molecule has 1 unspecified atom stereocenters. The number of rotatable bonds is 8. The lowest BCUT2D eigenvalue weighted by atomic mass is 10.0. The smallest absolute Gasteiger partial charge is 0.407 e. The summed E-state index contributed by atoms with van der Waals surface area (Å²) < 4.78 is 4.63. The first kappa shape index (κ1) is 32.9. The number of methoxy groups -OCH3 is 1. The number of likely N-dealkylation sites (tertiary alicyclic amines) is 3. The third kappa shape index (κ3) is 6.28. The molecule has 0 saturated carbocycles. The van der Waals surface area contributed by atoms with E-state index in [9.17, 15) is 24.3 Å². The van der Waals surface area contributed by atoms with E-state index in [1.165, 1.54) is 12.0 Å². The first-order valence-electron chi connectivity index (χ1n) is 17.0. The van der Waals surface area contributed by atoms with Crippen LogP contribution < -0.4 is 5.32 Å². The van der Waals surface area contributed by atoms with E-state index >= 15 is 0 Å². The van der Waals surface area contributed by atoms with E-state index < -0.39 is 24.3 Å².